The van der Waals surface area contributed by atoms with Gasteiger partial charge in [-0.15, -0.1) is 0 Å². The van der Waals surface area contributed by atoms with Crippen LogP contribution in [0.1, 0.15) is 28.1 Å². The highest BCUT2D eigenvalue weighted by atomic mass is 35.5. The number of hydrogen-bond donors (Lipinski definition) is 1. The molecule has 0 saturated carbocycles. The van der Waals surface area contributed by atoms with Gasteiger partial charge in [-0.2, -0.15) is 10.2 Å². The molecule has 0 fully saturated rings. The van der Waals surface area contributed by atoms with Crippen molar-refractivity contribution in [2.75, 3.05) is 0 Å². The van der Waals surface area contributed by atoms with Crippen LogP contribution in [0.2, 0.25) is 5.02 Å². The molecule has 4 aromatic rings. The van der Waals surface area contributed by atoms with Crippen molar-refractivity contribution in [1.29, 1.82) is 0 Å². The summed E-state index contributed by atoms with van der Waals surface area (Å²) in [5.74, 6) is 0.523. The SMILES string of the molecule is Cc1nn(Cc2ccccc2Cl)c(C)c1/C=C/C(=O)NCc1ccnc(-n2cccn2)c1. The van der Waals surface area contributed by atoms with Crippen molar-refractivity contribution >= 4 is 23.6 Å². The van der Waals surface area contributed by atoms with Gasteiger partial charge in [-0.1, -0.05) is 29.8 Å². The van der Waals surface area contributed by atoms with E-state index >= 15 is 0 Å². The topological polar surface area (TPSA) is 77.6 Å². The number of nitrogens with one attached hydrogen (secondary N) is 1. The van der Waals surface area contributed by atoms with Crippen LogP contribution in [0.4, 0.5) is 0 Å². The van der Waals surface area contributed by atoms with Gasteiger partial charge in [-0.3, -0.25) is 9.48 Å². The highest BCUT2D eigenvalue weighted by Crippen LogP contribution is 2.20. The van der Waals surface area contributed by atoms with Gasteiger partial charge in [0.2, 0.25) is 5.91 Å². The van der Waals surface area contributed by atoms with Crippen molar-refractivity contribution in [2.45, 2.75) is 26.9 Å². The van der Waals surface area contributed by atoms with Crippen molar-refractivity contribution in [1.82, 2.24) is 29.9 Å². The number of aryl methyl sites for hydroxylation is 1. The fraction of sp³-hybridized carbons (Fsp3) is 0.167. The number of halogens is 1. The molecule has 0 atom stereocenters. The summed E-state index contributed by atoms with van der Waals surface area (Å²) in [6.07, 6.45) is 8.56. The Bertz CT molecular complexity index is 1260. The average molecular weight is 447 g/mol. The molecule has 3 heterocycles. The van der Waals surface area contributed by atoms with Gasteiger partial charge in [0.25, 0.3) is 0 Å². The Hall–Kier alpha value is -3.71. The fourth-order valence-electron chi connectivity index (χ4n) is 3.40. The van der Waals surface area contributed by atoms with Gasteiger partial charge in [0.15, 0.2) is 5.82 Å². The molecule has 0 unspecified atom stereocenters. The van der Waals surface area contributed by atoms with E-state index in [1.165, 1.54) is 6.08 Å². The number of pyridine rings is 1. The van der Waals surface area contributed by atoms with Crippen LogP contribution >= 0.6 is 11.6 Å². The summed E-state index contributed by atoms with van der Waals surface area (Å²) in [7, 11) is 0. The second kappa shape index (κ2) is 9.62. The molecule has 0 saturated heterocycles. The summed E-state index contributed by atoms with van der Waals surface area (Å²) in [5.41, 5.74) is 4.70. The zero-order valence-corrected chi connectivity index (χ0v) is 18.6. The standard InChI is InChI=1S/C24H23ClN6O/c1-17-21(18(2)31(29-17)16-20-6-3-4-7-22(20)25)8-9-24(32)27-15-19-10-12-26-23(14-19)30-13-5-11-28-30/h3-14H,15-16H2,1-2H3,(H,27,32)/b9-8+. The first-order valence-electron chi connectivity index (χ1n) is 10.2. The average Bonchev–Trinajstić information content (AvgIpc) is 3.42. The van der Waals surface area contributed by atoms with E-state index in [9.17, 15) is 4.79 Å². The number of aromatic nitrogens is 5. The molecule has 4 rings (SSSR count). The Morgan fingerprint density at radius 3 is 2.78 bits per heavy atom. The third-order valence-corrected chi connectivity index (χ3v) is 5.50. The normalized spacial score (nSPS) is 11.2. The van der Waals surface area contributed by atoms with Gasteiger partial charge in [-0.05, 0) is 55.3 Å². The number of benzene rings is 1. The first-order valence-corrected chi connectivity index (χ1v) is 10.6. The molecule has 0 spiro atoms. The summed E-state index contributed by atoms with van der Waals surface area (Å²) in [6.45, 7) is 4.89. The molecular formula is C24H23ClN6O. The Balaban J connectivity index is 1.40. The Kier molecular flexibility index (Phi) is 6.47. The molecule has 0 aliphatic carbocycles. The van der Waals surface area contributed by atoms with Crippen LogP contribution in [-0.4, -0.2) is 30.5 Å². The van der Waals surface area contributed by atoms with Crippen molar-refractivity contribution in [3.05, 3.63) is 100 Å². The largest absolute Gasteiger partial charge is 0.348 e. The van der Waals surface area contributed by atoms with Crippen molar-refractivity contribution in [3.63, 3.8) is 0 Å². The summed E-state index contributed by atoms with van der Waals surface area (Å²) >= 11 is 6.28. The number of nitrogens with zero attached hydrogens (tertiary/aromatic N) is 5. The lowest BCUT2D eigenvalue weighted by molar-refractivity contribution is -0.116. The van der Waals surface area contributed by atoms with Crippen LogP contribution in [0.5, 0.6) is 0 Å². The van der Waals surface area contributed by atoms with E-state index in [4.69, 9.17) is 11.6 Å². The highest BCUT2D eigenvalue weighted by molar-refractivity contribution is 6.31. The predicted octanol–water partition coefficient (Wildman–Crippen LogP) is 4.11. The Morgan fingerprint density at radius 2 is 2.00 bits per heavy atom. The van der Waals surface area contributed by atoms with Gasteiger partial charge in [-0.25, -0.2) is 9.67 Å². The third kappa shape index (κ3) is 4.95. The molecular weight excluding hydrogens is 424 g/mol. The van der Waals surface area contributed by atoms with Gasteiger partial charge in [0.1, 0.15) is 0 Å². The minimum atomic E-state index is -0.180. The molecule has 162 valence electrons. The predicted molar refractivity (Wildman–Crippen MR) is 124 cm³/mol. The highest BCUT2D eigenvalue weighted by Gasteiger charge is 2.11. The maximum Gasteiger partial charge on any atom is 0.244 e. The molecule has 32 heavy (non-hydrogen) atoms. The van der Waals surface area contributed by atoms with Crippen LogP contribution in [0, 0.1) is 13.8 Å². The molecule has 8 heteroatoms. The van der Waals surface area contributed by atoms with Crippen molar-refractivity contribution in [3.8, 4) is 5.82 Å². The lowest BCUT2D eigenvalue weighted by Crippen LogP contribution is -2.20. The minimum absolute atomic E-state index is 0.180. The zero-order valence-electron chi connectivity index (χ0n) is 17.9. The summed E-state index contributed by atoms with van der Waals surface area (Å²) in [6, 6.07) is 13.3. The van der Waals surface area contributed by atoms with Crippen molar-refractivity contribution in [2.24, 2.45) is 0 Å². The summed E-state index contributed by atoms with van der Waals surface area (Å²) in [4.78, 5) is 16.7. The van der Waals surface area contributed by atoms with E-state index in [1.807, 2.05) is 67.2 Å². The number of carbonyl (C=O) groups excluding carboxylic acids is 1. The van der Waals surface area contributed by atoms with Gasteiger partial charge < -0.3 is 5.32 Å². The number of amides is 1. The molecule has 1 amide bonds. The van der Waals surface area contributed by atoms with E-state index < -0.39 is 0 Å². The third-order valence-electron chi connectivity index (χ3n) is 5.13. The number of hydrogen-bond acceptors (Lipinski definition) is 4. The molecule has 0 aliphatic rings. The molecule has 3 aromatic heterocycles. The van der Waals surface area contributed by atoms with Crippen LogP contribution in [0.15, 0.2) is 67.1 Å². The van der Waals surface area contributed by atoms with E-state index in [0.717, 1.165) is 28.1 Å². The van der Waals surface area contributed by atoms with E-state index in [-0.39, 0.29) is 5.91 Å². The molecule has 0 bridgehead atoms. The minimum Gasteiger partial charge on any atom is -0.348 e. The van der Waals surface area contributed by atoms with Crippen LogP contribution in [0.3, 0.4) is 0 Å². The molecule has 1 aromatic carbocycles. The Labute approximate surface area is 191 Å². The Morgan fingerprint density at radius 1 is 1.16 bits per heavy atom. The number of carbonyl (C=O) groups is 1. The molecule has 0 aliphatic heterocycles. The lowest BCUT2D eigenvalue weighted by Gasteiger charge is -2.07. The fourth-order valence-corrected chi connectivity index (χ4v) is 3.60. The van der Waals surface area contributed by atoms with E-state index in [2.05, 4.69) is 20.5 Å². The monoisotopic (exact) mass is 446 g/mol. The van der Waals surface area contributed by atoms with E-state index in [1.54, 1.807) is 23.2 Å². The number of rotatable bonds is 7. The van der Waals surface area contributed by atoms with Crippen LogP contribution in [-0.2, 0) is 17.9 Å². The maximum atomic E-state index is 12.4. The summed E-state index contributed by atoms with van der Waals surface area (Å²) in [5, 5.41) is 12.4. The second-order valence-corrected chi connectivity index (χ2v) is 7.76. The first kappa shape index (κ1) is 21.5. The van der Waals surface area contributed by atoms with Gasteiger partial charge in [0, 0.05) is 47.5 Å². The molecule has 7 nitrogen and oxygen atoms in total. The van der Waals surface area contributed by atoms with Crippen molar-refractivity contribution < 1.29 is 4.79 Å². The quantitative estimate of drug-likeness (QED) is 0.433. The molecule has 1 N–H and O–H groups in total. The van der Waals surface area contributed by atoms with Crippen LogP contribution in [0.25, 0.3) is 11.9 Å². The van der Waals surface area contributed by atoms with Crippen LogP contribution < -0.4 is 5.32 Å². The first-order chi connectivity index (χ1) is 15.5. The smallest absolute Gasteiger partial charge is 0.244 e. The zero-order chi connectivity index (χ0) is 22.5. The van der Waals surface area contributed by atoms with Gasteiger partial charge in [0.05, 0.1) is 12.2 Å². The maximum absolute atomic E-state index is 12.4. The second-order valence-electron chi connectivity index (χ2n) is 7.36. The lowest BCUT2D eigenvalue weighted by atomic mass is 10.1. The summed E-state index contributed by atoms with van der Waals surface area (Å²) < 4.78 is 3.58. The molecule has 0 radical (unpaired) electrons. The van der Waals surface area contributed by atoms with Gasteiger partial charge >= 0.3 is 0 Å². The van der Waals surface area contributed by atoms with E-state index in [0.29, 0.717) is 23.9 Å².